The summed E-state index contributed by atoms with van der Waals surface area (Å²) in [4.78, 5) is -0.0868. The van der Waals surface area contributed by atoms with E-state index >= 15 is 0 Å². The molecule has 0 saturated carbocycles. The van der Waals surface area contributed by atoms with Crippen molar-refractivity contribution in [3.05, 3.63) is 23.8 Å². The molecular weight excluding hydrogens is 278 g/mol. The van der Waals surface area contributed by atoms with Crippen molar-refractivity contribution in [3.8, 4) is 6.07 Å². The summed E-state index contributed by atoms with van der Waals surface area (Å²) in [5.74, 6) is 0. The van der Waals surface area contributed by atoms with E-state index in [0.717, 1.165) is 0 Å². The molecule has 0 spiro atoms. The van der Waals surface area contributed by atoms with Gasteiger partial charge in [0.05, 0.1) is 29.5 Å². The summed E-state index contributed by atoms with van der Waals surface area (Å²) in [5.41, 5.74) is 5.09. The number of aliphatic hydroxyl groups is 1. The van der Waals surface area contributed by atoms with E-state index in [1.807, 2.05) is 6.07 Å². The molecular formula is C13H19N3O3S. The molecule has 0 bridgehead atoms. The summed E-state index contributed by atoms with van der Waals surface area (Å²) >= 11 is 0. The first-order valence-corrected chi connectivity index (χ1v) is 7.77. The second-order valence-corrected chi connectivity index (χ2v) is 6.27. The average Bonchev–Trinajstić information content (AvgIpc) is 2.44. The van der Waals surface area contributed by atoms with E-state index < -0.39 is 15.6 Å². The lowest BCUT2D eigenvalue weighted by atomic mass is 9.96. The predicted molar refractivity (Wildman–Crippen MR) is 76.3 cm³/mol. The van der Waals surface area contributed by atoms with Crippen molar-refractivity contribution in [2.24, 2.45) is 0 Å². The molecule has 110 valence electrons. The predicted octanol–water partition coefficient (Wildman–Crippen LogP) is 0.970. The van der Waals surface area contributed by atoms with Gasteiger partial charge in [0.2, 0.25) is 10.0 Å². The molecule has 20 heavy (non-hydrogen) atoms. The van der Waals surface area contributed by atoms with Gasteiger partial charge in [0.25, 0.3) is 0 Å². The van der Waals surface area contributed by atoms with Crippen LogP contribution in [0.2, 0.25) is 0 Å². The van der Waals surface area contributed by atoms with Crippen molar-refractivity contribution in [1.82, 2.24) is 4.72 Å². The van der Waals surface area contributed by atoms with E-state index in [9.17, 15) is 13.5 Å². The van der Waals surface area contributed by atoms with Gasteiger partial charge in [0.1, 0.15) is 4.90 Å². The number of nitriles is 1. The van der Waals surface area contributed by atoms with Gasteiger partial charge in [0, 0.05) is 0 Å². The molecule has 0 amide bonds. The van der Waals surface area contributed by atoms with Crippen LogP contribution in [-0.4, -0.2) is 25.7 Å². The van der Waals surface area contributed by atoms with E-state index in [2.05, 4.69) is 4.72 Å². The van der Waals surface area contributed by atoms with E-state index in [1.54, 1.807) is 13.8 Å². The average molecular weight is 297 g/mol. The summed E-state index contributed by atoms with van der Waals surface area (Å²) in [6.45, 7) is 3.30. The van der Waals surface area contributed by atoms with Gasteiger partial charge in [-0.3, -0.25) is 0 Å². The zero-order valence-corrected chi connectivity index (χ0v) is 12.4. The molecule has 4 N–H and O–H groups in total. The summed E-state index contributed by atoms with van der Waals surface area (Å²) in [7, 11) is -3.85. The van der Waals surface area contributed by atoms with Gasteiger partial charge in [-0.1, -0.05) is 13.8 Å². The Morgan fingerprint density at radius 1 is 1.40 bits per heavy atom. The minimum atomic E-state index is -3.85. The molecule has 0 heterocycles. The number of sulfonamides is 1. The van der Waals surface area contributed by atoms with Gasteiger partial charge in [-0.2, -0.15) is 5.26 Å². The SMILES string of the molecule is CCC(CC)(CO)NS(=O)(=O)c1ccc(C#N)cc1N. The van der Waals surface area contributed by atoms with Crippen LogP contribution >= 0.6 is 0 Å². The third-order valence-electron chi connectivity index (χ3n) is 3.44. The Kier molecular flexibility index (Phi) is 5.11. The molecule has 6 nitrogen and oxygen atoms in total. The van der Waals surface area contributed by atoms with Gasteiger partial charge in [-0.15, -0.1) is 0 Å². The number of rotatable bonds is 6. The molecule has 0 aliphatic rings. The normalized spacial score (nSPS) is 12.1. The summed E-state index contributed by atoms with van der Waals surface area (Å²) in [6.07, 6.45) is 0.908. The van der Waals surface area contributed by atoms with Crippen LogP contribution in [0.3, 0.4) is 0 Å². The molecule has 0 aromatic heterocycles. The van der Waals surface area contributed by atoms with Crippen LogP contribution in [0.25, 0.3) is 0 Å². The molecule has 1 aromatic carbocycles. The fraction of sp³-hybridized carbons (Fsp3) is 0.462. The number of benzene rings is 1. The van der Waals surface area contributed by atoms with E-state index in [1.165, 1.54) is 18.2 Å². The Hall–Kier alpha value is -1.62. The molecule has 0 unspecified atom stereocenters. The monoisotopic (exact) mass is 297 g/mol. The largest absolute Gasteiger partial charge is 0.398 e. The highest BCUT2D eigenvalue weighted by Gasteiger charge is 2.32. The Labute approximate surface area is 119 Å². The van der Waals surface area contributed by atoms with Crippen molar-refractivity contribution in [2.45, 2.75) is 37.1 Å². The van der Waals surface area contributed by atoms with Crippen LogP contribution in [0.1, 0.15) is 32.3 Å². The number of aliphatic hydroxyl groups excluding tert-OH is 1. The third-order valence-corrected chi connectivity index (χ3v) is 5.09. The number of anilines is 1. The molecule has 0 saturated heterocycles. The highest BCUT2D eigenvalue weighted by molar-refractivity contribution is 7.89. The lowest BCUT2D eigenvalue weighted by molar-refractivity contribution is 0.172. The van der Waals surface area contributed by atoms with Gasteiger partial charge >= 0.3 is 0 Å². The van der Waals surface area contributed by atoms with Gasteiger partial charge in [-0.25, -0.2) is 13.1 Å². The van der Waals surface area contributed by atoms with Crippen LogP contribution in [0.15, 0.2) is 23.1 Å². The maximum atomic E-state index is 12.4. The highest BCUT2D eigenvalue weighted by atomic mass is 32.2. The standard InChI is InChI=1S/C13H19N3O3S/c1-3-13(4-2,9-17)16-20(18,19)12-6-5-10(8-14)7-11(12)15/h5-7,16-17H,3-4,9,15H2,1-2H3. The highest BCUT2D eigenvalue weighted by Crippen LogP contribution is 2.23. The number of nitrogen functional groups attached to an aromatic ring is 1. The number of nitrogens with zero attached hydrogens (tertiary/aromatic N) is 1. The molecule has 0 aliphatic heterocycles. The molecule has 1 rings (SSSR count). The third kappa shape index (κ3) is 3.28. The van der Waals surface area contributed by atoms with E-state index in [-0.39, 0.29) is 17.2 Å². The Bertz CT molecular complexity index is 608. The van der Waals surface area contributed by atoms with Crippen molar-refractivity contribution < 1.29 is 13.5 Å². The minimum absolute atomic E-state index is 0.00981. The fourth-order valence-electron chi connectivity index (χ4n) is 1.85. The van der Waals surface area contributed by atoms with Gasteiger partial charge in [0.15, 0.2) is 0 Å². The Morgan fingerprint density at radius 3 is 2.40 bits per heavy atom. The summed E-state index contributed by atoms with van der Waals surface area (Å²) in [6, 6.07) is 5.89. The topological polar surface area (TPSA) is 116 Å². The number of hydrogen-bond acceptors (Lipinski definition) is 5. The fourth-order valence-corrected chi connectivity index (χ4v) is 3.50. The van der Waals surface area contributed by atoms with Crippen LogP contribution in [0.5, 0.6) is 0 Å². The maximum Gasteiger partial charge on any atom is 0.243 e. The lowest BCUT2D eigenvalue weighted by Crippen LogP contribution is -2.50. The zero-order chi connectivity index (χ0) is 15.4. The second kappa shape index (κ2) is 6.22. The van der Waals surface area contributed by atoms with Crippen LogP contribution in [0, 0.1) is 11.3 Å². The van der Waals surface area contributed by atoms with E-state index in [4.69, 9.17) is 11.0 Å². The van der Waals surface area contributed by atoms with Crippen molar-refractivity contribution in [2.75, 3.05) is 12.3 Å². The van der Waals surface area contributed by atoms with Crippen LogP contribution < -0.4 is 10.5 Å². The molecule has 0 radical (unpaired) electrons. The quantitative estimate of drug-likeness (QED) is 0.676. The molecule has 7 heteroatoms. The number of nitrogens with two attached hydrogens (primary N) is 1. The summed E-state index contributed by atoms with van der Waals surface area (Å²) < 4.78 is 27.2. The number of nitrogens with one attached hydrogen (secondary N) is 1. The summed E-state index contributed by atoms with van der Waals surface area (Å²) in [5, 5.41) is 18.2. The van der Waals surface area contributed by atoms with E-state index in [0.29, 0.717) is 18.4 Å². The van der Waals surface area contributed by atoms with Crippen molar-refractivity contribution in [1.29, 1.82) is 5.26 Å². The van der Waals surface area contributed by atoms with Crippen molar-refractivity contribution >= 4 is 15.7 Å². The van der Waals surface area contributed by atoms with Gasteiger partial charge in [-0.05, 0) is 31.0 Å². The minimum Gasteiger partial charge on any atom is -0.398 e. The first-order chi connectivity index (χ1) is 9.34. The van der Waals surface area contributed by atoms with Gasteiger partial charge < -0.3 is 10.8 Å². The first-order valence-electron chi connectivity index (χ1n) is 6.28. The van der Waals surface area contributed by atoms with Crippen LogP contribution in [-0.2, 0) is 10.0 Å². The Balaban J connectivity index is 3.21. The lowest BCUT2D eigenvalue weighted by Gasteiger charge is -2.30. The zero-order valence-electron chi connectivity index (χ0n) is 11.5. The maximum absolute atomic E-state index is 12.4. The molecule has 0 atom stereocenters. The number of hydrogen-bond donors (Lipinski definition) is 3. The molecule has 0 aliphatic carbocycles. The smallest absolute Gasteiger partial charge is 0.243 e. The van der Waals surface area contributed by atoms with Crippen LogP contribution in [0.4, 0.5) is 5.69 Å². The Morgan fingerprint density at radius 2 is 2.00 bits per heavy atom. The molecule has 0 fully saturated rings. The first kappa shape index (κ1) is 16.4. The molecule has 1 aromatic rings. The second-order valence-electron chi connectivity index (χ2n) is 4.62. The van der Waals surface area contributed by atoms with Crippen molar-refractivity contribution in [3.63, 3.8) is 0 Å².